The van der Waals surface area contributed by atoms with Gasteiger partial charge in [-0.1, -0.05) is 11.6 Å². The molecule has 0 aliphatic rings. The summed E-state index contributed by atoms with van der Waals surface area (Å²) in [4.78, 5) is 14.4. The van der Waals surface area contributed by atoms with Gasteiger partial charge in [-0.3, -0.25) is 9.79 Å². The summed E-state index contributed by atoms with van der Waals surface area (Å²) >= 11 is 0. The van der Waals surface area contributed by atoms with Gasteiger partial charge < -0.3 is 16.6 Å². The van der Waals surface area contributed by atoms with Crippen LogP contribution in [0.2, 0.25) is 0 Å². The van der Waals surface area contributed by atoms with E-state index in [-0.39, 0.29) is 0 Å². The van der Waals surface area contributed by atoms with Crippen LogP contribution in [-0.4, -0.2) is 29.5 Å². The SMILES string of the molecule is CC(N)=NC/C(C)=C\CC[C@H](N)C(=O)O. The molecule has 0 aliphatic carbocycles. The fourth-order valence-corrected chi connectivity index (χ4v) is 0.947. The quantitative estimate of drug-likeness (QED) is 0.339. The summed E-state index contributed by atoms with van der Waals surface area (Å²) in [6.07, 6.45) is 3.03. The molecule has 0 aromatic carbocycles. The number of hydrogen-bond acceptors (Lipinski definition) is 3. The fourth-order valence-electron chi connectivity index (χ4n) is 0.947. The van der Waals surface area contributed by atoms with Gasteiger partial charge in [-0.15, -0.1) is 0 Å². The highest BCUT2D eigenvalue weighted by molar-refractivity contribution is 5.77. The van der Waals surface area contributed by atoms with Crippen molar-refractivity contribution in [2.75, 3.05) is 6.54 Å². The largest absolute Gasteiger partial charge is 0.480 e. The first-order chi connectivity index (χ1) is 6.93. The van der Waals surface area contributed by atoms with Crippen LogP contribution in [0.1, 0.15) is 26.7 Å². The number of rotatable bonds is 6. The minimum Gasteiger partial charge on any atom is -0.480 e. The maximum Gasteiger partial charge on any atom is 0.320 e. The predicted octanol–water partition coefficient (Wildman–Crippen LogP) is 0.502. The Hall–Kier alpha value is -1.36. The average Bonchev–Trinajstić information content (AvgIpc) is 2.14. The molecule has 0 aliphatic heterocycles. The number of carbonyl (C=O) groups is 1. The van der Waals surface area contributed by atoms with Gasteiger partial charge in [0.15, 0.2) is 0 Å². The van der Waals surface area contributed by atoms with Crippen LogP contribution in [-0.2, 0) is 4.79 Å². The highest BCUT2D eigenvalue weighted by Crippen LogP contribution is 2.01. The number of nitrogens with two attached hydrogens (primary N) is 2. The Morgan fingerprint density at radius 1 is 1.53 bits per heavy atom. The summed E-state index contributed by atoms with van der Waals surface area (Å²) in [5, 5.41) is 8.54. The third-order valence-electron chi connectivity index (χ3n) is 1.87. The Balaban J connectivity index is 3.86. The fraction of sp³-hybridized carbons (Fsp3) is 0.600. The molecule has 0 radical (unpaired) electrons. The van der Waals surface area contributed by atoms with Gasteiger partial charge in [0, 0.05) is 0 Å². The second-order valence-corrected chi connectivity index (χ2v) is 3.53. The van der Waals surface area contributed by atoms with E-state index in [9.17, 15) is 4.79 Å². The standard InChI is InChI=1S/C10H19N3O2/c1-7(6-13-8(2)11)4-3-5-9(12)10(14)15/h4,9H,3,5-6,12H2,1-2H3,(H2,11,13)(H,14,15)/b7-4-/t9-/m0/s1. The highest BCUT2D eigenvalue weighted by Gasteiger charge is 2.09. The van der Waals surface area contributed by atoms with Gasteiger partial charge in [-0.2, -0.15) is 0 Å². The molecule has 0 aromatic heterocycles. The van der Waals surface area contributed by atoms with Gasteiger partial charge in [0.05, 0.1) is 12.4 Å². The predicted molar refractivity (Wildman–Crippen MR) is 60.8 cm³/mol. The molecular weight excluding hydrogens is 194 g/mol. The lowest BCUT2D eigenvalue weighted by atomic mass is 10.1. The number of carboxylic acid groups (broad SMARTS) is 1. The molecule has 1 atom stereocenters. The van der Waals surface area contributed by atoms with E-state index in [1.807, 2.05) is 13.0 Å². The van der Waals surface area contributed by atoms with Gasteiger partial charge in [0.1, 0.15) is 6.04 Å². The van der Waals surface area contributed by atoms with E-state index in [1.54, 1.807) is 6.92 Å². The molecule has 0 fully saturated rings. The Morgan fingerprint density at radius 3 is 2.60 bits per heavy atom. The zero-order valence-electron chi connectivity index (χ0n) is 9.23. The monoisotopic (exact) mass is 213 g/mol. The van der Waals surface area contributed by atoms with Crippen molar-refractivity contribution in [3.63, 3.8) is 0 Å². The minimum absolute atomic E-state index is 0.442. The highest BCUT2D eigenvalue weighted by atomic mass is 16.4. The van der Waals surface area contributed by atoms with E-state index in [2.05, 4.69) is 4.99 Å². The molecule has 0 bridgehead atoms. The normalized spacial score (nSPS) is 15.1. The van der Waals surface area contributed by atoms with E-state index >= 15 is 0 Å². The van der Waals surface area contributed by atoms with Gasteiger partial charge in [-0.05, 0) is 26.7 Å². The lowest BCUT2D eigenvalue weighted by Gasteiger charge is -2.03. The summed E-state index contributed by atoms with van der Waals surface area (Å²) < 4.78 is 0. The van der Waals surface area contributed by atoms with E-state index in [1.165, 1.54) is 0 Å². The molecule has 15 heavy (non-hydrogen) atoms. The van der Waals surface area contributed by atoms with Crippen LogP contribution in [0, 0.1) is 0 Å². The number of amidine groups is 1. The zero-order valence-corrected chi connectivity index (χ0v) is 9.23. The molecule has 0 saturated heterocycles. The Labute approximate surface area is 89.9 Å². The molecule has 0 heterocycles. The van der Waals surface area contributed by atoms with Gasteiger partial charge in [-0.25, -0.2) is 0 Å². The molecule has 0 amide bonds. The lowest BCUT2D eigenvalue weighted by Crippen LogP contribution is -2.29. The van der Waals surface area contributed by atoms with Crippen molar-refractivity contribution in [2.24, 2.45) is 16.5 Å². The molecule has 5 nitrogen and oxygen atoms in total. The maximum atomic E-state index is 10.4. The van der Waals surface area contributed by atoms with Crippen molar-refractivity contribution < 1.29 is 9.90 Å². The molecule has 0 saturated carbocycles. The van der Waals surface area contributed by atoms with E-state index in [4.69, 9.17) is 16.6 Å². The number of aliphatic imine (C=N–C) groups is 1. The molecular formula is C10H19N3O2. The van der Waals surface area contributed by atoms with Crippen LogP contribution < -0.4 is 11.5 Å². The van der Waals surface area contributed by atoms with Gasteiger partial charge in [0.25, 0.3) is 0 Å². The second-order valence-electron chi connectivity index (χ2n) is 3.53. The third kappa shape index (κ3) is 7.69. The lowest BCUT2D eigenvalue weighted by molar-refractivity contribution is -0.138. The molecule has 86 valence electrons. The molecule has 5 N–H and O–H groups in total. The topological polar surface area (TPSA) is 102 Å². The smallest absolute Gasteiger partial charge is 0.320 e. The maximum absolute atomic E-state index is 10.4. The summed E-state index contributed by atoms with van der Waals surface area (Å²) in [6.45, 7) is 4.22. The zero-order chi connectivity index (χ0) is 11.8. The molecule has 0 unspecified atom stereocenters. The van der Waals surface area contributed by atoms with Crippen LogP contribution >= 0.6 is 0 Å². The number of carboxylic acids is 1. The number of allylic oxidation sites excluding steroid dienone is 1. The molecule has 5 heteroatoms. The molecule has 0 aromatic rings. The van der Waals surface area contributed by atoms with Crippen molar-refractivity contribution in [1.82, 2.24) is 0 Å². The van der Waals surface area contributed by atoms with Crippen molar-refractivity contribution in [1.29, 1.82) is 0 Å². The number of aliphatic carboxylic acids is 1. The Morgan fingerprint density at radius 2 is 2.13 bits per heavy atom. The summed E-state index contributed by atoms with van der Waals surface area (Å²) in [5.41, 5.74) is 11.8. The first-order valence-electron chi connectivity index (χ1n) is 4.84. The van der Waals surface area contributed by atoms with Crippen LogP contribution in [0.25, 0.3) is 0 Å². The van der Waals surface area contributed by atoms with Crippen molar-refractivity contribution in [3.8, 4) is 0 Å². The van der Waals surface area contributed by atoms with Crippen molar-refractivity contribution in [3.05, 3.63) is 11.6 Å². The number of nitrogens with zero attached hydrogens (tertiary/aromatic N) is 1. The summed E-state index contributed by atoms with van der Waals surface area (Å²) in [7, 11) is 0. The first-order valence-corrected chi connectivity index (χ1v) is 4.84. The second kappa shape index (κ2) is 7.00. The van der Waals surface area contributed by atoms with Crippen LogP contribution in [0.4, 0.5) is 0 Å². The summed E-state index contributed by atoms with van der Waals surface area (Å²) in [6, 6.07) is -0.784. The van der Waals surface area contributed by atoms with E-state index < -0.39 is 12.0 Å². The first kappa shape index (κ1) is 13.6. The van der Waals surface area contributed by atoms with Crippen molar-refractivity contribution >= 4 is 11.8 Å². The minimum atomic E-state index is -0.961. The molecule has 0 rings (SSSR count). The molecule has 0 spiro atoms. The van der Waals surface area contributed by atoms with Crippen molar-refractivity contribution in [2.45, 2.75) is 32.7 Å². The summed E-state index contributed by atoms with van der Waals surface area (Å²) in [5.74, 6) is -0.415. The van der Waals surface area contributed by atoms with E-state index in [0.717, 1.165) is 5.57 Å². The third-order valence-corrected chi connectivity index (χ3v) is 1.87. The van der Waals surface area contributed by atoms with Gasteiger partial charge >= 0.3 is 5.97 Å². The Bertz CT molecular complexity index is 268. The van der Waals surface area contributed by atoms with Crippen LogP contribution in [0.5, 0.6) is 0 Å². The van der Waals surface area contributed by atoms with E-state index in [0.29, 0.717) is 25.2 Å². The van der Waals surface area contributed by atoms with Crippen LogP contribution in [0.15, 0.2) is 16.6 Å². The number of hydrogen-bond donors (Lipinski definition) is 3. The van der Waals surface area contributed by atoms with Crippen LogP contribution in [0.3, 0.4) is 0 Å². The average molecular weight is 213 g/mol. The Kier molecular flexibility index (Phi) is 6.37. The van der Waals surface area contributed by atoms with Gasteiger partial charge in [0.2, 0.25) is 0 Å².